The summed E-state index contributed by atoms with van der Waals surface area (Å²) in [6.07, 6.45) is 55.8. The highest BCUT2D eigenvalue weighted by atomic mass is 14.5. The fourth-order valence-electron chi connectivity index (χ4n) is 6.58. The molecule has 0 aromatic rings. The second-order valence-corrected chi connectivity index (χ2v) is 13.9. The van der Waals surface area contributed by atoms with Crippen LogP contribution in [0.3, 0.4) is 0 Å². The van der Waals surface area contributed by atoms with Gasteiger partial charge in [-0.15, -0.1) is 0 Å². The third-order valence-corrected chi connectivity index (χ3v) is 9.56. The first kappa shape index (κ1) is 41.0. The zero-order valence-electron chi connectivity index (χ0n) is 29.2. The normalized spacial score (nSPS) is 11.6. The fourth-order valence-corrected chi connectivity index (χ4v) is 6.58. The highest BCUT2D eigenvalue weighted by Gasteiger charge is 1.97. The summed E-state index contributed by atoms with van der Waals surface area (Å²) in [4.78, 5) is 0. The molecule has 0 saturated heterocycles. The molecule has 0 aromatic heterocycles. The molecule has 0 aliphatic carbocycles. The van der Waals surface area contributed by atoms with E-state index in [2.05, 4.69) is 6.92 Å². The van der Waals surface area contributed by atoms with E-state index < -0.39 is 0 Å². The Morgan fingerprint density at radius 1 is 0.195 bits per heavy atom. The highest BCUT2D eigenvalue weighted by Crippen LogP contribution is 2.17. The molecule has 0 amide bonds. The molecule has 0 heterocycles. The van der Waals surface area contributed by atoms with Gasteiger partial charge < -0.3 is 5.73 Å². The quantitative estimate of drug-likeness (QED) is 0.0725. The van der Waals surface area contributed by atoms with Crippen LogP contribution < -0.4 is 5.73 Å². The van der Waals surface area contributed by atoms with E-state index in [1.807, 2.05) is 0 Å². The maximum absolute atomic E-state index is 5.55. The minimum absolute atomic E-state index is 0.875. The van der Waals surface area contributed by atoms with Crippen LogP contribution >= 0.6 is 0 Å². The Bertz CT molecular complexity index is 381. The minimum Gasteiger partial charge on any atom is -0.330 e. The van der Waals surface area contributed by atoms with Crippen molar-refractivity contribution in [3.8, 4) is 0 Å². The van der Waals surface area contributed by atoms with Crippen LogP contribution in [0.15, 0.2) is 0 Å². The zero-order valence-corrected chi connectivity index (χ0v) is 29.2. The van der Waals surface area contributed by atoms with E-state index in [1.165, 1.54) is 244 Å². The molecule has 0 saturated carbocycles. The second kappa shape index (κ2) is 40.0. The van der Waals surface area contributed by atoms with Gasteiger partial charge in [0.15, 0.2) is 0 Å². The molecule has 248 valence electrons. The van der Waals surface area contributed by atoms with Crippen LogP contribution in [0, 0.1) is 0 Å². The van der Waals surface area contributed by atoms with Crippen molar-refractivity contribution in [2.45, 2.75) is 251 Å². The van der Waals surface area contributed by atoms with Crippen LogP contribution in [0.4, 0.5) is 0 Å². The van der Waals surface area contributed by atoms with Crippen molar-refractivity contribution in [3.05, 3.63) is 0 Å². The van der Waals surface area contributed by atoms with Crippen molar-refractivity contribution >= 4 is 0 Å². The lowest BCUT2D eigenvalue weighted by Crippen LogP contribution is -1.97. The van der Waals surface area contributed by atoms with Crippen LogP contribution in [0.5, 0.6) is 0 Å². The largest absolute Gasteiger partial charge is 0.330 e. The molecule has 0 fully saturated rings. The molecule has 0 unspecified atom stereocenters. The van der Waals surface area contributed by atoms with E-state index in [0.29, 0.717) is 0 Å². The smallest absolute Gasteiger partial charge is 0.00773 e. The van der Waals surface area contributed by atoms with Crippen molar-refractivity contribution in [1.29, 1.82) is 0 Å². The van der Waals surface area contributed by atoms with Gasteiger partial charge in [0, 0.05) is 0 Å². The molecule has 41 heavy (non-hydrogen) atoms. The topological polar surface area (TPSA) is 26.0 Å². The lowest BCUT2D eigenvalue weighted by molar-refractivity contribution is 0.510. The van der Waals surface area contributed by atoms with Crippen LogP contribution in [0.1, 0.15) is 251 Å². The van der Waals surface area contributed by atoms with Crippen LogP contribution in [0.2, 0.25) is 0 Å². The summed E-state index contributed by atoms with van der Waals surface area (Å²) in [5.74, 6) is 0. The monoisotopic (exact) mass is 578 g/mol. The van der Waals surface area contributed by atoms with Gasteiger partial charge in [0.05, 0.1) is 0 Å². The average Bonchev–Trinajstić information content (AvgIpc) is 2.98. The van der Waals surface area contributed by atoms with Crippen LogP contribution in [0.25, 0.3) is 0 Å². The van der Waals surface area contributed by atoms with Gasteiger partial charge in [-0.1, -0.05) is 244 Å². The van der Waals surface area contributed by atoms with Crippen LogP contribution in [-0.4, -0.2) is 6.54 Å². The van der Waals surface area contributed by atoms with Crippen molar-refractivity contribution < 1.29 is 0 Å². The third-order valence-electron chi connectivity index (χ3n) is 9.56. The Labute approximate surface area is 262 Å². The lowest BCUT2D eigenvalue weighted by atomic mass is 10.0. The van der Waals surface area contributed by atoms with Crippen molar-refractivity contribution in [3.63, 3.8) is 0 Å². The molecule has 0 atom stereocenters. The minimum atomic E-state index is 0.875. The average molecular weight is 578 g/mol. The van der Waals surface area contributed by atoms with Crippen molar-refractivity contribution in [2.24, 2.45) is 5.73 Å². The van der Waals surface area contributed by atoms with Gasteiger partial charge in [0.1, 0.15) is 0 Å². The van der Waals surface area contributed by atoms with E-state index in [1.54, 1.807) is 0 Å². The van der Waals surface area contributed by atoms with Crippen LogP contribution in [-0.2, 0) is 0 Å². The van der Waals surface area contributed by atoms with Crippen molar-refractivity contribution in [2.75, 3.05) is 6.54 Å². The molecule has 1 heteroatoms. The van der Waals surface area contributed by atoms with Gasteiger partial charge >= 0.3 is 0 Å². The molecule has 0 radical (unpaired) electrons. The molecule has 0 aliphatic rings. The van der Waals surface area contributed by atoms with E-state index in [9.17, 15) is 0 Å². The van der Waals surface area contributed by atoms with Gasteiger partial charge in [-0.3, -0.25) is 0 Å². The SMILES string of the molecule is CCCCCCCCCCCCCCCCCCCCCCCCCCCCCCCCCCCCCCCCN. The first-order chi connectivity index (χ1) is 20.4. The summed E-state index contributed by atoms with van der Waals surface area (Å²) in [5.41, 5.74) is 5.55. The van der Waals surface area contributed by atoms with Crippen molar-refractivity contribution in [1.82, 2.24) is 0 Å². The molecule has 1 nitrogen and oxygen atoms in total. The molecular formula is C40H83N. The van der Waals surface area contributed by atoms with Gasteiger partial charge in [-0.25, -0.2) is 0 Å². The summed E-state index contributed by atoms with van der Waals surface area (Å²) in [6, 6.07) is 0. The maximum Gasteiger partial charge on any atom is -0.00773 e. The number of hydrogen-bond donors (Lipinski definition) is 1. The molecule has 0 rings (SSSR count). The fraction of sp³-hybridized carbons (Fsp3) is 1.00. The first-order valence-electron chi connectivity index (χ1n) is 20.1. The molecule has 0 bridgehead atoms. The van der Waals surface area contributed by atoms with E-state index in [0.717, 1.165) is 6.54 Å². The summed E-state index contributed by atoms with van der Waals surface area (Å²) in [5, 5.41) is 0. The molecule has 0 spiro atoms. The number of nitrogens with two attached hydrogens (primary N) is 1. The lowest BCUT2D eigenvalue weighted by Gasteiger charge is -2.05. The Kier molecular flexibility index (Phi) is 39.9. The summed E-state index contributed by atoms with van der Waals surface area (Å²) < 4.78 is 0. The second-order valence-electron chi connectivity index (χ2n) is 13.9. The molecular weight excluding hydrogens is 494 g/mol. The zero-order chi connectivity index (χ0) is 29.6. The van der Waals surface area contributed by atoms with Gasteiger partial charge in [0.25, 0.3) is 0 Å². The predicted molar refractivity (Wildman–Crippen MR) is 190 cm³/mol. The van der Waals surface area contributed by atoms with Gasteiger partial charge in [0.2, 0.25) is 0 Å². The number of rotatable bonds is 38. The van der Waals surface area contributed by atoms with E-state index >= 15 is 0 Å². The molecule has 0 aromatic carbocycles. The standard InChI is InChI=1S/C40H83N/c1-2-3-4-5-6-7-8-9-10-11-12-13-14-15-16-17-18-19-20-21-22-23-24-25-26-27-28-29-30-31-32-33-34-35-36-37-38-39-40-41/h2-41H2,1H3. The Balaban J connectivity index is 3.02. The highest BCUT2D eigenvalue weighted by molar-refractivity contribution is 4.53. The summed E-state index contributed by atoms with van der Waals surface area (Å²) in [7, 11) is 0. The Morgan fingerprint density at radius 3 is 0.439 bits per heavy atom. The Hall–Kier alpha value is -0.0400. The molecule has 2 N–H and O–H groups in total. The summed E-state index contributed by atoms with van der Waals surface area (Å²) in [6.45, 7) is 3.18. The van der Waals surface area contributed by atoms with E-state index in [4.69, 9.17) is 5.73 Å². The van der Waals surface area contributed by atoms with Gasteiger partial charge in [-0.2, -0.15) is 0 Å². The number of hydrogen-bond acceptors (Lipinski definition) is 1. The Morgan fingerprint density at radius 2 is 0.317 bits per heavy atom. The molecule has 0 aliphatic heterocycles. The number of unbranched alkanes of at least 4 members (excludes halogenated alkanes) is 37. The predicted octanol–water partition coefficient (Wildman–Crippen LogP) is 14.8. The summed E-state index contributed by atoms with van der Waals surface area (Å²) >= 11 is 0. The third kappa shape index (κ3) is 40.0. The maximum atomic E-state index is 5.55. The van der Waals surface area contributed by atoms with Gasteiger partial charge in [-0.05, 0) is 13.0 Å². The first-order valence-corrected chi connectivity index (χ1v) is 20.1. The van der Waals surface area contributed by atoms with E-state index in [-0.39, 0.29) is 0 Å².